The molecule has 6 nitrogen and oxygen atoms in total. The zero-order valence-electron chi connectivity index (χ0n) is 59.4. The fourth-order valence-corrected chi connectivity index (χ4v) is 14.7. The maximum absolute atomic E-state index is 17.0. The van der Waals surface area contributed by atoms with Crippen molar-refractivity contribution >= 4 is 49.2 Å². The molecular formula is C83H100F4N2O4. The molecule has 2 heterocycles. The fraction of sp³-hybridized carbons (Fsp3) is 0.446. The Balaban J connectivity index is 1.11. The lowest BCUT2D eigenvalue weighted by atomic mass is 9.68. The van der Waals surface area contributed by atoms with Crippen molar-refractivity contribution in [2.24, 2.45) is 16.2 Å². The van der Waals surface area contributed by atoms with Crippen LogP contribution < -0.4 is 4.74 Å². The van der Waals surface area contributed by atoms with Gasteiger partial charge >= 0.3 is 0 Å². The molecule has 0 spiro atoms. The lowest BCUT2D eigenvalue weighted by Gasteiger charge is -2.44. The lowest BCUT2D eigenvalue weighted by Crippen LogP contribution is -2.45. The van der Waals surface area contributed by atoms with Gasteiger partial charge in [0.05, 0.1) is 29.9 Å². The molecule has 1 aliphatic carbocycles. The van der Waals surface area contributed by atoms with Gasteiger partial charge in [-0.15, -0.1) is 0 Å². The van der Waals surface area contributed by atoms with Gasteiger partial charge in [0.2, 0.25) is 5.79 Å². The fourth-order valence-electron chi connectivity index (χ4n) is 14.7. The predicted octanol–water partition coefficient (Wildman–Crippen LogP) is 22.9. The topological polar surface area (TPSA) is 68.8 Å². The van der Waals surface area contributed by atoms with Gasteiger partial charge in [-0.3, -0.25) is 0 Å². The Bertz CT molecular complexity index is 4290. The summed E-state index contributed by atoms with van der Waals surface area (Å²) >= 11 is 0. The second-order valence-electron chi connectivity index (χ2n) is 34.6. The molecule has 10 heteroatoms. The molecule has 9 aromatic rings. The van der Waals surface area contributed by atoms with E-state index >= 15 is 17.6 Å². The van der Waals surface area contributed by atoms with Crippen LogP contribution in [0.4, 0.5) is 17.6 Å². The summed E-state index contributed by atoms with van der Waals surface area (Å²) in [4.78, 5) is 0. The Morgan fingerprint density at radius 1 is 0.462 bits per heavy atom. The number of hydrogen-bond donors (Lipinski definition) is 2. The lowest BCUT2D eigenvalue weighted by molar-refractivity contribution is -0.179. The van der Waals surface area contributed by atoms with E-state index in [0.29, 0.717) is 5.69 Å². The summed E-state index contributed by atoms with van der Waals surface area (Å²) in [5.74, 6) is -6.22. The maximum Gasteiger partial charge on any atom is 0.218 e. The van der Waals surface area contributed by atoms with E-state index in [9.17, 15) is 10.2 Å². The number of phenolic OH excluding ortho intramolecular Hbond substituents is 1. The number of halogens is 4. The number of ether oxygens (including phenoxy) is 2. The number of nitrogens with zero attached hydrogens (tertiary/aromatic N) is 2. The second-order valence-corrected chi connectivity index (χ2v) is 34.6. The highest BCUT2D eigenvalue weighted by molar-refractivity contribution is 6.11. The predicted molar refractivity (Wildman–Crippen MR) is 379 cm³/mol. The molecule has 93 heavy (non-hydrogen) atoms. The van der Waals surface area contributed by atoms with Crippen LogP contribution in [0, 0.1) is 39.5 Å². The van der Waals surface area contributed by atoms with Crippen LogP contribution in [0.15, 0.2) is 133 Å². The highest BCUT2D eigenvalue weighted by Gasteiger charge is 2.48. The molecule has 10 rings (SSSR count). The number of benzene rings is 7. The van der Waals surface area contributed by atoms with E-state index in [1.807, 2.05) is 18.2 Å². The summed E-state index contributed by atoms with van der Waals surface area (Å²) in [5, 5.41) is 31.1. The third-order valence-corrected chi connectivity index (χ3v) is 18.9. The highest BCUT2D eigenvalue weighted by Crippen LogP contribution is 2.53. The van der Waals surface area contributed by atoms with Crippen molar-refractivity contribution in [1.82, 2.24) is 9.13 Å². The van der Waals surface area contributed by atoms with Crippen molar-refractivity contribution in [3.05, 3.63) is 190 Å². The molecule has 0 bridgehead atoms. The van der Waals surface area contributed by atoms with Gasteiger partial charge in [0, 0.05) is 67.8 Å². The van der Waals surface area contributed by atoms with Crippen molar-refractivity contribution in [2.75, 3.05) is 13.2 Å². The summed E-state index contributed by atoms with van der Waals surface area (Å²) in [5.41, 5.74) is 8.56. The Hall–Kier alpha value is -7.14. The molecule has 2 atom stereocenters. The molecule has 0 radical (unpaired) electrons. The van der Waals surface area contributed by atoms with Crippen LogP contribution in [0.1, 0.15) is 211 Å². The first kappa shape index (κ1) is 68.7. The Morgan fingerprint density at radius 3 is 1.34 bits per heavy atom. The summed E-state index contributed by atoms with van der Waals surface area (Å²) in [6.07, 6.45) is 5.41. The zero-order chi connectivity index (χ0) is 68.5. The SMILES string of the molecule is CC(C)(C)CC(C)(C)C1=CC(n2c3ccc(C(C)(C)C)cc3c3cc(C(C)(C)C)ccc32)C(O)(OCCCOc2c(F)cc(F)cc2-c2cc(C(C)(C)CC(C)(C)C)cc(-n3c4ccc(C(C)(C)C)cc4c4cc(C(C)(C)C)ccc43)c2O)C(c2cc(F)cc(F)c2)=C1. The molecule has 2 unspecified atom stereocenters. The van der Waals surface area contributed by atoms with E-state index < -0.39 is 45.9 Å². The minimum absolute atomic E-state index is 0.0156. The molecule has 494 valence electrons. The molecule has 0 aliphatic heterocycles. The Kier molecular flexibility index (Phi) is 17.5. The van der Waals surface area contributed by atoms with Gasteiger partial charge in [0.1, 0.15) is 29.2 Å². The Labute approximate surface area is 550 Å². The van der Waals surface area contributed by atoms with Crippen molar-refractivity contribution in [3.63, 3.8) is 0 Å². The smallest absolute Gasteiger partial charge is 0.218 e. The van der Waals surface area contributed by atoms with Crippen LogP contribution >= 0.6 is 0 Å². The average molecular weight is 1270 g/mol. The highest BCUT2D eigenvalue weighted by atomic mass is 19.1. The van der Waals surface area contributed by atoms with E-state index in [4.69, 9.17) is 9.47 Å². The average Bonchev–Trinajstić information content (AvgIpc) is 1.64. The largest absolute Gasteiger partial charge is 0.505 e. The maximum atomic E-state index is 17.0. The minimum atomic E-state index is -2.30. The standard InChI is InChI=1S/C83H100F4N2O4/c1-75(2,3)47-81(19,20)54-40-63(73(90)71(42-54)88-67-28-24-50(77(7,8)9)36-59(67)60-37-51(78(10,11)12)25-29-68(60)88)64-45-58(86)46-66(87)74(64)92-32-23-33-93-83(91)65(49-34-56(84)44-57(85)35-49)41-55(82(21,22)48-76(4,5)6)43-72(83)89-69-30-26-52(79(13,14)15)38-61(69)62-39-53(80(16,17)18)27-31-70(62)89/h24-31,34-46,72,90-91H,23,32-33,47-48H2,1-22H3. The number of fused-ring (bicyclic) bond motifs is 6. The van der Waals surface area contributed by atoms with Crippen LogP contribution in [0.25, 0.3) is 66.0 Å². The van der Waals surface area contributed by atoms with Gasteiger partial charge in [-0.25, -0.2) is 17.6 Å². The van der Waals surface area contributed by atoms with Crippen LogP contribution in [0.3, 0.4) is 0 Å². The molecule has 0 fully saturated rings. The molecule has 7 aromatic carbocycles. The van der Waals surface area contributed by atoms with E-state index in [2.05, 4.69) is 240 Å². The molecule has 0 saturated heterocycles. The first-order valence-corrected chi connectivity index (χ1v) is 33.2. The number of phenols is 1. The molecule has 0 saturated carbocycles. The van der Waals surface area contributed by atoms with E-state index in [-0.39, 0.29) is 85.9 Å². The Morgan fingerprint density at radius 2 is 0.892 bits per heavy atom. The number of allylic oxidation sites excluding steroid dienone is 2. The summed E-state index contributed by atoms with van der Waals surface area (Å²) < 4.78 is 82.3. The molecule has 0 amide bonds. The number of aromatic hydroxyl groups is 1. The van der Waals surface area contributed by atoms with Crippen LogP contribution in [0.5, 0.6) is 11.5 Å². The van der Waals surface area contributed by atoms with Gasteiger partial charge in [0.15, 0.2) is 11.6 Å². The van der Waals surface area contributed by atoms with E-state index in [1.165, 1.54) is 18.2 Å². The van der Waals surface area contributed by atoms with E-state index in [1.54, 1.807) is 0 Å². The van der Waals surface area contributed by atoms with Crippen molar-refractivity contribution in [3.8, 4) is 28.3 Å². The summed E-state index contributed by atoms with van der Waals surface area (Å²) in [6, 6.07) is 34.0. The number of aromatic nitrogens is 2. The van der Waals surface area contributed by atoms with Gasteiger partial charge in [-0.1, -0.05) is 183 Å². The quantitative estimate of drug-likeness (QED) is 0.0647. The molecular weight excluding hydrogens is 1160 g/mol. The van der Waals surface area contributed by atoms with Crippen molar-refractivity contribution in [1.29, 1.82) is 0 Å². The number of aliphatic hydroxyl groups is 1. The minimum Gasteiger partial charge on any atom is -0.505 e. The third kappa shape index (κ3) is 13.7. The molecule has 1 aliphatic rings. The van der Waals surface area contributed by atoms with Crippen LogP contribution in [0.2, 0.25) is 0 Å². The van der Waals surface area contributed by atoms with Crippen LogP contribution in [-0.2, 0) is 31.8 Å². The molecule has 2 N–H and O–H groups in total. The first-order valence-electron chi connectivity index (χ1n) is 33.2. The van der Waals surface area contributed by atoms with Gasteiger partial charge in [-0.05, 0) is 180 Å². The number of hydrogen-bond acceptors (Lipinski definition) is 4. The summed E-state index contributed by atoms with van der Waals surface area (Å²) in [6.45, 7) is 47.6. The summed E-state index contributed by atoms with van der Waals surface area (Å²) in [7, 11) is 0. The van der Waals surface area contributed by atoms with Crippen LogP contribution in [-0.4, -0.2) is 38.3 Å². The van der Waals surface area contributed by atoms with Gasteiger partial charge < -0.3 is 28.8 Å². The van der Waals surface area contributed by atoms with Crippen molar-refractivity contribution in [2.45, 2.75) is 210 Å². The van der Waals surface area contributed by atoms with Crippen molar-refractivity contribution < 1.29 is 37.2 Å². The van der Waals surface area contributed by atoms with E-state index in [0.717, 1.165) is 102 Å². The molecule has 2 aromatic heterocycles. The van der Waals surface area contributed by atoms with Gasteiger partial charge in [-0.2, -0.15) is 0 Å². The third-order valence-electron chi connectivity index (χ3n) is 18.9. The number of rotatable bonds is 14. The normalized spacial score (nSPS) is 16.7. The monoisotopic (exact) mass is 1260 g/mol. The first-order chi connectivity index (χ1) is 42.8. The zero-order valence-corrected chi connectivity index (χ0v) is 59.4. The van der Waals surface area contributed by atoms with Gasteiger partial charge in [0.25, 0.3) is 0 Å². The second kappa shape index (κ2) is 23.6.